The van der Waals surface area contributed by atoms with Crippen molar-refractivity contribution < 1.29 is 19.7 Å². The van der Waals surface area contributed by atoms with Gasteiger partial charge in [0.25, 0.3) is 0 Å². The van der Waals surface area contributed by atoms with Crippen molar-refractivity contribution in [1.82, 2.24) is 0 Å². The van der Waals surface area contributed by atoms with Crippen LogP contribution >= 0.6 is 0 Å². The summed E-state index contributed by atoms with van der Waals surface area (Å²) in [5.74, 6) is -0.625. The van der Waals surface area contributed by atoms with Crippen LogP contribution in [0.1, 0.15) is 52.0 Å². The second-order valence-electron chi connectivity index (χ2n) is 7.45. The van der Waals surface area contributed by atoms with Gasteiger partial charge in [0, 0.05) is 12.8 Å². The number of aliphatic hydroxyl groups excluding tert-OH is 2. The number of benzene rings is 1. The molecule has 2 rings (SSSR count). The van der Waals surface area contributed by atoms with Crippen LogP contribution in [0, 0.1) is 0 Å². The number of aryl methyl sites for hydroxylation is 1. The van der Waals surface area contributed by atoms with Crippen LogP contribution in [0.25, 0.3) is 0 Å². The molecule has 1 aromatic rings. The fourth-order valence-electron chi connectivity index (χ4n) is 3.30. The Bertz CT molecular complexity index is 524. The standard InChI is InChI=1S/C21H32O4/c1-16(22)14-18(23)12-13-20-15-19(24-21(2,3)25-20)11-7-10-17-8-5-4-6-9-17/h4-6,8-9,12-13,16,18-20,22-23H,7,10-11,14-15H2,1-3H3. The first kappa shape index (κ1) is 20.1. The molecule has 1 aromatic carbocycles. The van der Waals surface area contributed by atoms with Crippen molar-refractivity contribution in [2.45, 2.75) is 83.1 Å². The molecule has 1 fully saturated rings. The number of hydrogen-bond donors (Lipinski definition) is 2. The molecule has 25 heavy (non-hydrogen) atoms. The minimum absolute atomic E-state index is 0.0749. The lowest BCUT2D eigenvalue weighted by Crippen LogP contribution is -2.44. The van der Waals surface area contributed by atoms with Crippen LogP contribution in [0.15, 0.2) is 42.5 Å². The molecular weight excluding hydrogens is 316 g/mol. The summed E-state index contributed by atoms with van der Waals surface area (Å²) < 4.78 is 12.0. The summed E-state index contributed by atoms with van der Waals surface area (Å²) in [6.07, 6.45) is 6.78. The molecule has 4 heteroatoms. The first-order chi connectivity index (χ1) is 11.8. The second kappa shape index (κ2) is 9.48. The van der Waals surface area contributed by atoms with Gasteiger partial charge in [-0.25, -0.2) is 0 Å². The highest BCUT2D eigenvalue weighted by molar-refractivity contribution is 5.14. The van der Waals surface area contributed by atoms with E-state index in [1.807, 2.05) is 26.0 Å². The van der Waals surface area contributed by atoms with E-state index in [2.05, 4.69) is 24.3 Å². The molecule has 0 saturated carbocycles. The maximum Gasteiger partial charge on any atom is 0.163 e. The number of aliphatic hydroxyl groups is 2. The molecule has 0 bridgehead atoms. The summed E-state index contributed by atoms with van der Waals surface area (Å²) in [5.41, 5.74) is 1.35. The normalized spacial score (nSPS) is 25.8. The van der Waals surface area contributed by atoms with Gasteiger partial charge in [-0.2, -0.15) is 0 Å². The summed E-state index contributed by atoms with van der Waals surface area (Å²) in [5, 5.41) is 19.2. The van der Waals surface area contributed by atoms with Gasteiger partial charge < -0.3 is 19.7 Å². The fraction of sp³-hybridized carbons (Fsp3) is 0.619. The van der Waals surface area contributed by atoms with Crippen molar-refractivity contribution in [3.8, 4) is 0 Å². The highest BCUT2D eigenvalue weighted by Crippen LogP contribution is 2.30. The molecule has 4 atom stereocenters. The van der Waals surface area contributed by atoms with E-state index in [1.165, 1.54) is 5.56 Å². The van der Waals surface area contributed by atoms with Crippen LogP contribution in [-0.4, -0.2) is 40.4 Å². The maximum atomic E-state index is 9.88. The first-order valence-corrected chi connectivity index (χ1v) is 9.28. The summed E-state index contributed by atoms with van der Waals surface area (Å²) in [4.78, 5) is 0. The zero-order valence-corrected chi connectivity index (χ0v) is 15.6. The van der Waals surface area contributed by atoms with Crippen molar-refractivity contribution in [3.05, 3.63) is 48.0 Å². The van der Waals surface area contributed by atoms with Crippen LogP contribution in [0.4, 0.5) is 0 Å². The molecular formula is C21H32O4. The van der Waals surface area contributed by atoms with Gasteiger partial charge in [-0.05, 0) is 45.6 Å². The van der Waals surface area contributed by atoms with Gasteiger partial charge >= 0.3 is 0 Å². The molecule has 1 saturated heterocycles. The summed E-state index contributed by atoms with van der Waals surface area (Å²) in [7, 11) is 0. The van der Waals surface area contributed by atoms with Gasteiger partial charge in [0.1, 0.15) is 0 Å². The Morgan fingerprint density at radius 1 is 1.20 bits per heavy atom. The number of ether oxygens (including phenoxy) is 2. The van der Waals surface area contributed by atoms with E-state index < -0.39 is 18.0 Å². The van der Waals surface area contributed by atoms with Gasteiger partial charge in [0.15, 0.2) is 5.79 Å². The van der Waals surface area contributed by atoms with E-state index in [1.54, 1.807) is 13.0 Å². The van der Waals surface area contributed by atoms with Crippen LogP contribution in [0.5, 0.6) is 0 Å². The number of hydrogen-bond acceptors (Lipinski definition) is 4. The van der Waals surface area contributed by atoms with E-state index in [0.29, 0.717) is 6.42 Å². The molecule has 4 unspecified atom stereocenters. The van der Waals surface area contributed by atoms with Crippen molar-refractivity contribution in [2.75, 3.05) is 0 Å². The minimum atomic E-state index is -0.647. The third kappa shape index (κ3) is 7.70. The molecule has 0 aromatic heterocycles. The van der Waals surface area contributed by atoms with Gasteiger partial charge in [-0.1, -0.05) is 42.5 Å². The summed E-state index contributed by atoms with van der Waals surface area (Å²) >= 11 is 0. The molecule has 1 heterocycles. The molecule has 140 valence electrons. The monoisotopic (exact) mass is 348 g/mol. The third-order valence-electron chi connectivity index (χ3n) is 4.35. The van der Waals surface area contributed by atoms with Gasteiger partial charge in [0.2, 0.25) is 0 Å². The Hall–Kier alpha value is -1.20. The lowest BCUT2D eigenvalue weighted by molar-refractivity contribution is -0.291. The molecule has 0 spiro atoms. The Labute approximate surface area is 151 Å². The van der Waals surface area contributed by atoms with Gasteiger partial charge in [-0.3, -0.25) is 0 Å². The largest absolute Gasteiger partial charge is 0.393 e. The molecule has 2 N–H and O–H groups in total. The Morgan fingerprint density at radius 3 is 2.60 bits per heavy atom. The summed E-state index contributed by atoms with van der Waals surface area (Å²) in [6.45, 7) is 5.54. The van der Waals surface area contributed by atoms with E-state index in [9.17, 15) is 10.2 Å². The third-order valence-corrected chi connectivity index (χ3v) is 4.35. The highest BCUT2D eigenvalue weighted by atomic mass is 16.7. The van der Waals surface area contributed by atoms with E-state index >= 15 is 0 Å². The summed E-state index contributed by atoms with van der Waals surface area (Å²) in [6, 6.07) is 10.5. The predicted molar refractivity (Wildman–Crippen MR) is 99.3 cm³/mol. The lowest BCUT2D eigenvalue weighted by atomic mass is 10.00. The molecule has 4 nitrogen and oxygen atoms in total. The van der Waals surface area contributed by atoms with Gasteiger partial charge in [0.05, 0.1) is 24.4 Å². The Morgan fingerprint density at radius 2 is 1.92 bits per heavy atom. The Balaban J connectivity index is 1.83. The van der Waals surface area contributed by atoms with E-state index in [0.717, 1.165) is 25.7 Å². The molecule has 1 aliphatic rings. The minimum Gasteiger partial charge on any atom is -0.393 e. The zero-order valence-electron chi connectivity index (χ0n) is 15.6. The topological polar surface area (TPSA) is 58.9 Å². The van der Waals surface area contributed by atoms with Crippen LogP contribution < -0.4 is 0 Å². The molecule has 0 radical (unpaired) electrons. The van der Waals surface area contributed by atoms with Crippen LogP contribution in [0.3, 0.4) is 0 Å². The van der Waals surface area contributed by atoms with Crippen molar-refractivity contribution in [1.29, 1.82) is 0 Å². The zero-order chi connectivity index (χ0) is 18.3. The van der Waals surface area contributed by atoms with E-state index in [-0.39, 0.29) is 12.2 Å². The first-order valence-electron chi connectivity index (χ1n) is 9.28. The molecule has 1 aliphatic heterocycles. The molecule has 0 aliphatic carbocycles. The molecule has 0 amide bonds. The number of rotatable bonds is 8. The predicted octanol–water partition coefficient (Wildman–Crippen LogP) is 3.61. The van der Waals surface area contributed by atoms with Crippen molar-refractivity contribution >= 4 is 0 Å². The second-order valence-corrected chi connectivity index (χ2v) is 7.45. The van der Waals surface area contributed by atoms with Crippen molar-refractivity contribution in [3.63, 3.8) is 0 Å². The fourth-order valence-corrected chi connectivity index (χ4v) is 3.30. The van der Waals surface area contributed by atoms with Crippen LogP contribution in [0.2, 0.25) is 0 Å². The lowest BCUT2D eigenvalue weighted by Gasteiger charge is -2.40. The van der Waals surface area contributed by atoms with E-state index in [4.69, 9.17) is 9.47 Å². The van der Waals surface area contributed by atoms with Crippen molar-refractivity contribution in [2.24, 2.45) is 0 Å². The average Bonchev–Trinajstić information content (AvgIpc) is 2.52. The van der Waals surface area contributed by atoms with Gasteiger partial charge in [-0.15, -0.1) is 0 Å². The SMILES string of the molecule is CC(O)CC(O)C=CC1CC(CCCc2ccccc2)OC(C)(C)O1. The van der Waals surface area contributed by atoms with Crippen LogP contribution in [-0.2, 0) is 15.9 Å². The average molecular weight is 348 g/mol. The highest BCUT2D eigenvalue weighted by Gasteiger charge is 2.34. The quantitative estimate of drug-likeness (QED) is 0.705. The Kier molecular flexibility index (Phi) is 7.63. The maximum absolute atomic E-state index is 9.88. The smallest absolute Gasteiger partial charge is 0.163 e.